The fraction of sp³-hybridized carbons (Fsp3) is 0.333. The highest BCUT2D eigenvalue weighted by atomic mass is 16.7. The Morgan fingerprint density at radius 2 is 1.90 bits per heavy atom. The Labute approximate surface area is 119 Å². The molecule has 0 aliphatic carbocycles. The number of rotatable bonds is 6. The molecule has 106 valence electrons. The standard InChI is InChI=1S/C15H20N3O2/c1-4-17-12-8-11-16-15(17)18(5-2)20-14-10-7-6-9-13(14)19-3/h6-12H,4-5H2,1-3H3/q+1. The number of anilines is 1. The van der Waals surface area contributed by atoms with E-state index in [0.29, 0.717) is 18.0 Å². The first-order chi connectivity index (χ1) is 9.80. The Bertz CT molecular complexity index is 560. The molecule has 0 aliphatic rings. The lowest BCUT2D eigenvalue weighted by atomic mass is 10.3. The summed E-state index contributed by atoms with van der Waals surface area (Å²) in [6.07, 6.45) is 3.74. The van der Waals surface area contributed by atoms with Crippen LogP contribution in [-0.4, -0.2) is 18.6 Å². The zero-order chi connectivity index (χ0) is 14.4. The van der Waals surface area contributed by atoms with Crippen molar-refractivity contribution in [1.29, 1.82) is 0 Å². The van der Waals surface area contributed by atoms with Gasteiger partial charge in [0.05, 0.1) is 19.9 Å². The summed E-state index contributed by atoms with van der Waals surface area (Å²) >= 11 is 0. The molecular weight excluding hydrogens is 254 g/mol. The number of methoxy groups -OCH3 is 1. The summed E-state index contributed by atoms with van der Waals surface area (Å²) in [5.74, 6) is 2.14. The summed E-state index contributed by atoms with van der Waals surface area (Å²) in [5.41, 5.74) is 0. The second kappa shape index (κ2) is 6.75. The average molecular weight is 274 g/mol. The van der Waals surface area contributed by atoms with E-state index in [1.165, 1.54) is 0 Å². The van der Waals surface area contributed by atoms with Crippen molar-refractivity contribution in [3.8, 4) is 11.5 Å². The molecule has 0 unspecified atom stereocenters. The fourth-order valence-corrected chi connectivity index (χ4v) is 1.91. The van der Waals surface area contributed by atoms with Crippen LogP contribution in [0.4, 0.5) is 5.95 Å². The molecule has 0 saturated heterocycles. The molecule has 2 aromatic rings. The van der Waals surface area contributed by atoms with E-state index >= 15 is 0 Å². The van der Waals surface area contributed by atoms with Gasteiger partial charge in [0.15, 0.2) is 5.75 Å². The third kappa shape index (κ3) is 2.99. The van der Waals surface area contributed by atoms with Crippen LogP contribution in [0.1, 0.15) is 13.8 Å². The zero-order valence-corrected chi connectivity index (χ0v) is 12.1. The maximum absolute atomic E-state index is 5.94. The highest BCUT2D eigenvalue weighted by molar-refractivity contribution is 5.40. The quantitative estimate of drug-likeness (QED) is 0.598. The first-order valence-electron chi connectivity index (χ1n) is 6.73. The van der Waals surface area contributed by atoms with Crippen LogP contribution in [0.5, 0.6) is 11.5 Å². The van der Waals surface area contributed by atoms with Gasteiger partial charge in [-0.3, -0.25) is 0 Å². The van der Waals surface area contributed by atoms with Crippen molar-refractivity contribution in [3.63, 3.8) is 0 Å². The smallest absolute Gasteiger partial charge is 0.430 e. The lowest BCUT2D eigenvalue weighted by Crippen LogP contribution is -2.43. The molecule has 0 radical (unpaired) electrons. The monoisotopic (exact) mass is 274 g/mol. The number of hydrogen-bond donors (Lipinski definition) is 0. The van der Waals surface area contributed by atoms with Crippen LogP contribution in [-0.2, 0) is 6.54 Å². The van der Waals surface area contributed by atoms with E-state index in [-0.39, 0.29) is 0 Å². The Hall–Kier alpha value is -2.30. The number of aryl methyl sites for hydroxylation is 1. The number of hydrogen-bond acceptors (Lipinski definition) is 4. The van der Waals surface area contributed by atoms with Crippen molar-refractivity contribution >= 4 is 5.95 Å². The van der Waals surface area contributed by atoms with E-state index < -0.39 is 0 Å². The van der Waals surface area contributed by atoms with Gasteiger partial charge >= 0.3 is 5.95 Å². The predicted octanol–water partition coefficient (Wildman–Crippen LogP) is 2.22. The summed E-state index contributed by atoms with van der Waals surface area (Å²) in [6.45, 7) is 5.59. The Kier molecular flexibility index (Phi) is 4.76. The normalized spacial score (nSPS) is 10.2. The highest BCUT2D eigenvalue weighted by Gasteiger charge is 2.22. The molecule has 2 rings (SSSR count). The topological polar surface area (TPSA) is 38.5 Å². The third-order valence-electron chi connectivity index (χ3n) is 2.93. The van der Waals surface area contributed by atoms with Crippen molar-refractivity contribution in [2.75, 3.05) is 18.7 Å². The van der Waals surface area contributed by atoms with Gasteiger partial charge in [-0.15, -0.1) is 0 Å². The minimum atomic E-state index is 0.671. The molecule has 1 aromatic heterocycles. The second-order valence-corrected chi connectivity index (χ2v) is 4.14. The van der Waals surface area contributed by atoms with Crippen LogP contribution >= 0.6 is 0 Å². The van der Waals surface area contributed by atoms with E-state index in [0.717, 1.165) is 12.5 Å². The van der Waals surface area contributed by atoms with Crippen molar-refractivity contribution in [3.05, 3.63) is 42.7 Å². The zero-order valence-electron chi connectivity index (χ0n) is 12.1. The molecule has 1 aromatic carbocycles. The maximum atomic E-state index is 5.94. The van der Waals surface area contributed by atoms with Gasteiger partial charge in [0, 0.05) is 6.07 Å². The van der Waals surface area contributed by atoms with Gasteiger partial charge < -0.3 is 9.57 Å². The van der Waals surface area contributed by atoms with Gasteiger partial charge in [-0.1, -0.05) is 22.2 Å². The number of para-hydroxylation sites is 2. The first kappa shape index (κ1) is 14.1. The maximum Gasteiger partial charge on any atom is 0.430 e. The molecule has 5 heteroatoms. The van der Waals surface area contributed by atoms with Crippen LogP contribution < -0.4 is 19.2 Å². The van der Waals surface area contributed by atoms with Crippen LogP contribution in [0.25, 0.3) is 0 Å². The van der Waals surface area contributed by atoms with Crippen LogP contribution in [0, 0.1) is 0 Å². The van der Waals surface area contributed by atoms with Crippen LogP contribution in [0.15, 0.2) is 42.7 Å². The molecule has 0 aliphatic heterocycles. The van der Waals surface area contributed by atoms with E-state index in [4.69, 9.17) is 9.57 Å². The molecule has 0 spiro atoms. The summed E-state index contributed by atoms with van der Waals surface area (Å²) < 4.78 is 7.33. The van der Waals surface area contributed by atoms with Crippen molar-refractivity contribution in [1.82, 2.24) is 4.98 Å². The van der Waals surface area contributed by atoms with Gasteiger partial charge in [0.25, 0.3) is 0 Å². The summed E-state index contributed by atoms with van der Waals surface area (Å²) in [6, 6.07) is 9.48. The number of nitrogens with zero attached hydrogens (tertiary/aromatic N) is 3. The summed E-state index contributed by atoms with van der Waals surface area (Å²) in [7, 11) is 1.63. The highest BCUT2D eigenvalue weighted by Crippen LogP contribution is 2.27. The van der Waals surface area contributed by atoms with E-state index in [1.807, 2.05) is 48.0 Å². The number of ether oxygens (including phenoxy) is 1. The molecule has 0 bridgehead atoms. The van der Waals surface area contributed by atoms with Crippen molar-refractivity contribution in [2.45, 2.75) is 20.4 Å². The Morgan fingerprint density at radius 3 is 2.55 bits per heavy atom. The molecule has 20 heavy (non-hydrogen) atoms. The molecular formula is C15H20N3O2+. The molecule has 5 nitrogen and oxygen atoms in total. The predicted molar refractivity (Wildman–Crippen MR) is 76.7 cm³/mol. The molecule has 1 heterocycles. The fourth-order valence-electron chi connectivity index (χ4n) is 1.91. The van der Waals surface area contributed by atoms with Gasteiger partial charge in [0.1, 0.15) is 12.7 Å². The molecule has 0 amide bonds. The first-order valence-corrected chi connectivity index (χ1v) is 6.73. The molecule has 0 saturated carbocycles. The summed E-state index contributed by atoms with van der Waals surface area (Å²) in [4.78, 5) is 10.3. The summed E-state index contributed by atoms with van der Waals surface area (Å²) in [5, 5.41) is 1.75. The number of aromatic nitrogens is 2. The minimum absolute atomic E-state index is 0.671. The lowest BCUT2D eigenvalue weighted by molar-refractivity contribution is -0.685. The SMILES string of the molecule is CCN(Oc1ccccc1OC)c1nccc[n+]1CC. The third-order valence-corrected chi connectivity index (χ3v) is 2.93. The van der Waals surface area contributed by atoms with Crippen molar-refractivity contribution in [2.24, 2.45) is 0 Å². The van der Waals surface area contributed by atoms with Crippen LogP contribution in [0.2, 0.25) is 0 Å². The molecule has 0 atom stereocenters. The van der Waals surface area contributed by atoms with Gasteiger partial charge in [-0.2, -0.15) is 0 Å². The lowest BCUT2D eigenvalue weighted by Gasteiger charge is -2.17. The van der Waals surface area contributed by atoms with E-state index in [2.05, 4.69) is 11.9 Å². The van der Waals surface area contributed by atoms with E-state index in [9.17, 15) is 0 Å². The number of hydroxylamine groups is 1. The van der Waals surface area contributed by atoms with Gasteiger partial charge in [-0.05, 0) is 26.0 Å². The van der Waals surface area contributed by atoms with Crippen LogP contribution in [0.3, 0.4) is 0 Å². The molecule has 0 fully saturated rings. The van der Waals surface area contributed by atoms with Gasteiger partial charge in [0.2, 0.25) is 5.75 Å². The Morgan fingerprint density at radius 1 is 1.15 bits per heavy atom. The molecule has 0 N–H and O–H groups in total. The minimum Gasteiger partial charge on any atom is -0.493 e. The second-order valence-electron chi connectivity index (χ2n) is 4.14. The van der Waals surface area contributed by atoms with E-state index in [1.54, 1.807) is 18.4 Å². The largest absolute Gasteiger partial charge is 0.493 e. The number of benzene rings is 1. The average Bonchev–Trinajstić information content (AvgIpc) is 2.53. The van der Waals surface area contributed by atoms with Gasteiger partial charge in [-0.25, -0.2) is 4.57 Å². The van der Waals surface area contributed by atoms with Crippen molar-refractivity contribution < 1.29 is 14.1 Å². The Balaban J connectivity index is 2.29.